The first-order chi connectivity index (χ1) is 13.4. The van der Waals surface area contributed by atoms with Gasteiger partial charge >= 0.3 is 12.1 Å². The predicted octanol–water partition coefficient (Wildman–Crippen LogP) is 3.04. The van der Waals surface area contributed by atoms with Crippen LogP contribution in [0.2, 0.25) is 0 Å². The molecule has 156 valence electrons. The van der Waals surface area contributed by atoms with Crippen LogP contribution >= 0.6 is 0 Å². The molecule has 0 spiro atoms. The van der Waals surface area contributed by atoms with Gasteiger partial charge in [-0.25, -0.2) is 13.2 Å². The van der Waals surface area contributed by atoms with Crippen molar-refractivity contribution in [1.29, 1.82) is 0 Å². The fourth-order valence-electron chi connectivity index (χ4n) is 2.40. The van der Waals surface area contributed by atoms with Gasteiger partial charge in [0.05, 0.1) is 16.1 Å². The quantitative estimate of drug-likeness (QED) is 0.625. The van der Waals surface area contributed by atoms with Crippen LogP contribution in [-0.2, 0) is 16.4 Å². The Bertz CT molecular complexity index is 1040. The zero-order valence-corrected chi connectivity index (χ0v) is 15.9. The van der Waals surface area contributed by atoms with Crippen molar-refractivity contribution < 1.29 is 36.3 Å². The monoisotopic (exact) mass is 430 g/mol. The molecule has 3 N–H and O–H groups in total. The number of carboxylic acid groups (broad SMARTS) is 1. The maximum atomic E-state index is 12.7. The number of hydrogen-bond acceptors (Lipinski definition) is 4. The number of nitrogens with one attached hydrogen (secondary N) is 2. The average molecular weight is 430 g/mol. The van der Waals surface area contributed by atoms with Gasteiger partial charge in [-0.3, -0.25) is 9.52 Å². The molecule has 0 unspecified atom stereocenters. The first-order valence-corrected chi connectivity index (χ1v) is 9.75. The number of aromatic carboxylic acids is 1. The van der Waals surface area contributed by atoms with E-state index < -0.39 is 34.6 Å². The molecule has 0 saturated carbocycles. The van der Waals surface area contributed by atoms with Gasteiger partial charge in [0.2, 0.25) is 0 Å². The van der Waals surface area contributed by atoms with E-state index >= 15 is 0 Å². The Morgan fingerprint density at radius 1 is 1.07 bits per heavy atom. The number of anilines is 1. The van der Waals surface area contributed by atoms with E-state index in [1.165, 1.54) is 30.3 Å². The number of carbonyl (C=O) groups excluding carboxylic acids is 1. The molecule has 2 rings (SSSR count). The van der Waals surface area contributed by atoms with Crippen molar-refractivity contribution in [3.8, 4) is 0 Å². The Labute approximate surface area is 164 Å². The van der Waals surface area contributed by atoms with Gasteiger partial charge in [-0.15, -0.1) is 0 Å². The summed E-state index contributed by atoms with van der Waals surface area (Å²) >= 11 is 0. The van der Waals surface area contributed by atoms with Gasteiger partial charge in [-0.1, -0.05) is 19.1 Å². The minimum Gasteiger partial charge on any atom is -0.478 e. The molecular formula is C18H17F3N2O5S. The molecule has 29 heavy (non-hydrogen) atoms. The summed E-state index contributed by atoms with van der Waals surface area (Å²) in [6.45, 7) is 0.197. The summed E-state index contributed by atoms with van der Waals surface area (Å²) in [5.74, 6) is -2.32. The summed E-state index contributed by atoms with van der Waals surface area (Å²) < 4.78 is 64.3. The summed E-state index contributed by atoms with van der Waals surface area (Å²) in [4.78, 5) is 22.6. The lowest BCUT2D eigenvalue weighted by Gasteiger charge is -2.13. The summed E-state index contributed by atoms with van der Waals surface area (Å²) in [7, 11) is -4.23. The van der Waals surface area contributed by atoms with E-state index in [4.69, 9.17) is 5.11 Å². The largest absolute Gasteiger partial charge is 0.478 e. The van der Waals surface area contributed by atoms with Gasteiger partial charge in [0, 0.05) is 5.56 Å². The van der Waals surface area contributed by atoms with Crippen LogP contribution in [0.25, 0.3) is 0 Å². The highest BCUT2D eigenvalue weighted by Gasteiger charge is 2.28. The van der Waals surface area contributed by atoms with E-state index in [0.717, 1.165) is 12.1 Å². The second kappa shape index (κ2) is 8.52. The Balaban J connectivity index is 2.32. The van der Waals surface area contributed by atoms with Crippen LogP contribution < -0.4 is 10.0 Å². The van der Waals surface area contributed by atoms with Gasteiger partial charge in [0.15, 0.2) is 0 Å². The minimum absolute atomic E-state index is 0.0549. The molecule has 0 bridgehead atoms. The molecule has 7 nitrogen and oxygen atoms in total. The molecule has 1 amide bonds. The third-order valence-corrected chi connectivity index (χ3v) is 5.20. The first-order valence-electron chi connectivity index (χ1n) is 8.27. The lowest BCUT2D eigenvalue weighted by molar-refractivity contribution is -0.123. The predicted molar refractivity (Wildman–Crippen MR) is 98.4 cm³/mol. The molecule has 0 radical (unpaired) electrons. The molecule has 2 aromatic carbocycles. The second-order valence-electron chi connectivity index (χ2n) is 5.96. The van der Waals surface area contributed by atoms with Crippen molar-refractivity contribution in [1.82, 2.24) is 5.32 Å². The number of hydrogen-bond donors (Lipinski definition) is 3. The minimum atomic E-state index is -4.60. The Hall–Kier alpha value is -3.08. The third-order valence-electron chi connectivity index (χ3n) is 3.84. The Morgan fingerprint density at radius 3 is 2.34 bits per heavy atom. The standard InChI is InChI=1S/C18H17F3N2O5S/c1-2-11-6-7-13(17(25)26)9-15(11)23-29(27,28)14-5-3-4-12(8-14)16(24)22-10-18(19,20)21/h3-9,23H,2,10H2,1H3,(H,22,24)(H,25,26). The number of sulfonamides is 1. The maximum absolute atomic E-state index is 12.7. The fraction of sp³-hybridized carbons (Fsp3) is 0.222. The summed E-state index contributed by atoms with van der Waals surface area (Å²) in [6.07, 6.45) is -4.19. The van der Waals surface area contributed by atoms with E-state index in [1.54, 1.807) is 12.2 Å². The van der Waals surface area contributed by atoms with Crippen molar-refractivity contribution >= 4 is 27.6 Å². The van der Waals surface area contributed by atoms with Crippen LogP contribution in [0.3, 0.4) is 0 Å². The number of alkyl halides is 3. The Morgan fingerprint density at radius 2 is 1.76 bits per heavy atom. The van der Waals surface area contributed by atoms with Gasteiger partial charge in [-0.05, 0) is 42.3 Å². The van der Waals surface area contributed by atoms with E-state index in [1.807, 2.05) is 0 Å². The highest BCUT2D eigenvalue weighted by molar-refractivity contribution is 7.92. The molecule has 0 heterocycles. The smallest absolute Gasteiger partial charge is 0.405 e. The fourth-order valence-corrected chi connectivity index (χ4v) is 3.54. The number of benzene rings is 2. The van der Waals surface area contributed by atoms with Crippen molar-refractivity contribution in [3.63, 3.8) is 0 Å². The molecule has 0 saturated heterocycles. The van der Waals surface area contributed by atoms with Crippen molar-refractivity contribution in [2.45, 2.75) is 24.4 Å². The molecule has 2 aromatic rings. The molecule has 0 aliphatic carbocycles. The number of carboxylic acids is 1. The number of halogens is 3. The SMILES string of the molecule is CCc1ccc(C(=O)O)cc1NS(=O)(=O)c1cccc(C(=O)NCC(F)(F)F)c1. The number of rotatable bonds is 7. The van der Waals surface area contributed by atoms with Gasteiger partial charge in [0.25, 0.3) is 15.9 Å². The number of aryl methyl sites for hydroxylation is 1. The summed E-state index contributed by atoms with van der Waals surface area (Å²) in [5.41, 5.74) is 0.198. The van der Waals surface area contributed by atoms with Crippen LogP contribution in [-0.4, -0.2) is 38.1 Å². The molecular weight excluding hydrogens is 413 g/mol. The molecule has 0 aromatic heterocycles. The van der Waals surface area contributed by atoms with Crippen molar-refractivity contribution in [3.05, 3.63) is 59.2 Å². The molecule has 11 heteroatoms. The van der Waals surface area contributed by atoms with Gasteiger partial charge in [0.1, 0.15) is 6.54 Å². The lowest BCUT2D eigenvalue weighted by atomic mass is 10.1. The molecule has 0 aliphatic rings. The van der Waals surface area contributed by atoms with Crippen molar-refractivity contribution in [2.75, 3.05) is 11.3 Å². The van der Waals surface area contributed by atoms with Crippen LogP contribution in [0.15, 0.2) is 47.4 Å². The highest BCUT2D eigenvalue weighted by atomic mass is 32.2. The third kappa shape index (κ3) is 5.95. The highest BCUT2D eigenvalue weighted by Crippen LogP contribution is 2.23. The zero-order chi connectivity index (χ0) is 21.8. The summed E-state index contributed by atoms with van der Waals surface area (Å²) in [5, 5.41) is 10.8. The number of amides is 1. The van der Waals surface area contributed by atoms with Crippen molar-refractivity contribution in [2.24, 2.45) is 0 Å². The molecule has 0 atom stereocenters. The average Bonchev–Trinajstić information content (AvgIpc) is 2.65. The van der Waals surface area contributed by atoms with Gasteiger partial charge in [-0.2, -0.15) is 13.2 Å². The van der Waals surface area contributed by atoms with Crippen LogP contribution in [0.1, 0.15) is 33.2 Å². The normalized spacial score (nSPS) is 11.7. The van der Waals surface area contributed by atoms with E-state index in [-0.39, 0.29) is 21.7 Å². The zero-order valence-electron chi connectivity index (χ0n) is 15.1. The Kier molecular flexibility index (Phi) is 6.52. The molecule has 0 aliphatic heterocycles. The maximum Gasteiger partial charge on any atom is 0.405 e. The van der Waals surface area contributed by atoms with E-state index in [9.17, 15) is 31.2 Å². The first kappa shape index (κ1) is 22.2. The summed E-state index contributed by atoms with van der Waals surface area (Å²) in [6, 6.07) is 8.46. The van der Waals surface area contributed by atoms with Crippen LogP contribution in [0.5, 0.6) is 0 Å². The molecule has 0 fully saturated rings. The topological polar surface area (TPSA) is 113 Å². The van der Waals surface area contributed by atoms with Crippen LogP contribution in [0.4, 0.5) is 18.9 Å². The lowest BCUT2D eigenvalue weighted by Crippen LogP contribution is -2.33. The number of carbonyl (C=O) groups is 2. The van der Waals surface area contributed by atoms with E-state index in [2.05, 4.69) is 4.72 Å². The second-order valence-corrected chi connectivity index (χ2v) is 7.64. The van der Waals surface area contributed by atoms with E-state index in [0.29, 0.717) is 12.0 Å². The van der Waals surface area contributed by atoms with Crippen LogP contribution in [0, 0.1) is 0 Å². The van der Waals surface area contributed by atoms with Gasteiger partial charge < -0.3 is 10.4 Å².